The average molecular weight is 183 g/mol. The van der Waals surface area contributed by atoms with Gasteiger partial charge < -0.3 is 4.90 Å². The Labute approximate surface area is 79.1 Å². The fourth-order valence-electron chi connectivity index (χ4n) is 1.81. The third kappa shape index (κ3) is 2.29. The van der Waals surface area contributed by atoms with Crippen molar-refractivity contribution in [3.05, 3.63) is 0 Å². The number of ketones is 1. The van der Waals surface area contributed by atoms with E-state index in [4.69, 9.17) is 0 Å². The van der Waals surface area contributed by atoms with Gasteiger partial charge in [-0.3, -0.25) is 9.59 Å². The van der Waals surface area contributed by atoms with Gasteiger partial charge in [0.1, 0.15) is 5.78 Å². The SMILES string of the molecule is CCCN1CCCC(C(C)=O)C1=O. The molecular formula is C10H17NO2. The lowest BCUT2D eigenvalue weighted by Crippen LogP contribution is -2.43. The van der Waals surface area contributed by atoms with E-state index in [1.165, 1.54) is 6.92 Å². The van der Waals surface area contributed by atoms with Crippen molar-refractivity contribution in [3.8, 4) is 0 Å². The van der Waals surface area contributed by atoms with Crippen LogP contribution >= 0.6 is 0 Å². The first kappa shape index (κ1) is 10.2. The molecule has 1 amide bonds. The molecule has 0 N–H and O–H groups in total. The van der Waals surface area contributed by atoms with Gasteiger partial charge in [0.2, 0.25) is 5.91 Å². The molecule has 0 bridgehead atoms. The van der Waals surface area contributed by atoms with Gasteiger partial charge >= 0.3 is 0 Å². The number of likely N-dealkylation sites (tertiary alicyclic amines) is 1. The molecule has 74 valence electrons. The topological polar surface area (TPSA) is 37.4 Å². The molecule has 1 atom stereocenters. The molecule has 0 aromatic rings. The predicted octanol–water partition coefficient (Wildman–Crippen LogP) is 1.22. The molecule has 0 radical (unpaired) electrons. The zero-order valence-electron chi connectivity index (χ0n) is 8.38. The lowest BCUT2D eigenvalue weighted by molar-refractivity contribution is -0.143. The first-order chi connectivity index (χ1) is 6.16. The molecular weight excluding hydrogens is 166 g/mol. The van der Waals surface area contributed by atoms with Crippen LogP contribution in [0.25, 0.3) is 0 Å². The van der Waals surface area contributed by atoms with Crippen LogP contribution in [0.1, 0.15) is 33.1 Å². The summed E-state index contributed by atoms with van der Waals surface area (Å²) >= 11 is 0. The Morgan fingerprint density at radius 2 is 2.31 bits per heavy atom. The Morgan fingerprint density at radius 1 is 1.62 bits per heavy atom. The molecule has 0 aromatic heterocycles. The van der Waals surface area contributed by atoms with Crippen molar-refractivity contribution in [2.45, 2.75) is 33.1 Å². The van der Waals surface area contributed by atoms with Crippen molar-refractivity contribution < 1.29 is 9.59 Å². The van der Waals surface area contributed by atoms with E-state index in [9.17, 15) is 9.59 Å². The summed E-state index contributed by atoms with van der Waals surface area (Å²) < 4.78 is 0. The van der Waals surface area contributed by atoms with E-state index in [0.29, 0.717) is 0 Å². The van der Waals surface area contributed by atoms with Gasteiger partial charge in [-0.1, -0.05) is 6.92 Å². The minimum absolute atomic E-state index is 0.0193. The highest BCUT2D eigenvalue weighted by molar-refractivity contribution is 6.00. The standard InChI is InChI=1S/C10H17NO2/c1-3-6-11-7-4-5-9(8(2)12)10(11)13/h9H,3-7H2,1-2H3. The summed E-state index contributed by atoms with van der Waals surface area (Å²) in [5, 5.41) is 0. The summed E-state index contributed by atoms with van der Waals surface area (Å²) in [6, 6.07) is 0. The lowest BCUT2D eigenvalue weighted by atomic mass is 9.93. The van der Waals surface area contributed by atoms with E-state index >= 15 is 0 Å². The summed E-state index contributed by atoms with van der Waals surface area (Å²) in [5.74, 6) is -0.285. The van der Waals surface area contributed by atoms with Crippen molar-refractivity contribution >= 4 is 11.7 Å². The first-order valence-corrected chi connectivity index (χ1v) is 4.96. The van der Waals surface area contributed by atoms with E-state index in [1.54, 1.807) is 0 Å². The molecule has 3 heteroatoms. The van der Waals surface area contributed by atoms with Gasteiger partial charge in [-0.25, -0.2) is 0 Å². The first-order valence-electron chi connectivity index (χ1n) is 4.96. The van der Waals surface area contributed by atoms with Crippen molar-refractivity contribution in [1.29, 1.82) is 0 Å². The molecule has 1 unspecified atom stereocenters. The molecule has 0 spiro atoms. The maximum atomic E-state index is 11.7. The number of piperidine rings is 1. The highest BCUT2D eigenvalue weighted by Crippen LogP contribution is 2.18. The number of nitrogens with zero attached hydrogens (tertiary/aromatic N) is 1. The van der Waals surface area contributed by atoms with Gasteiger partial charge in [0.25, 0.3) is 0 Å². The molecule has 3 nitrogen and oxygen atoms in total. The Balaban J connectivity index is 2.60. The zero-order valence-corrected chi connectivity index (χ0v) is 8.38. The van der Waals surface area contributed by atoms with E-state index in [0.717, 1.165) is 32.4 Å². The summed E-state index contributed by atoms with van der Waals surface area (Å²) in [6.45, 7) is 5.18. The summed E-state index contributed by atoms with van der Waals surface area (Å²) in [4.78, 5) is 24.6. The van der Waals surface area contributed by atoms with Crippen LogP contribution in [0.15, 0.2) is 0 Å². The fraction of sp³-hybridized carbons (Fsp3) is 0.800. The predicted molar refractivity (Wildman–Crippen MR) is 50.3 cm³/mol. The second-order valence-corrected chi connectivity index (χ2v) is 3.63. The number of amides is 1. The lowest BCUT2D eigenvalue weighted by Gasteiger charge is -2.30. The quantitative estimate of drug-likeness (QED) is 0.617. The summed E-state index contributed by atoms with van der Waals surface area (Å²) in [7, 11) is 0. The van der Waals surface area contributed by atoms with Crippen LogP contribution in [0.2, 0.25) is 0 Å². The molecule has 13 heavy (non-hydrogen) atoms. The van der Waals surface area contributed by atoms with Gasteiger partial charge in [-0.05, 0) is 26.2 Å². The summed E-state index contributed by atoms with van der Waals surface area (Å²) in [5.41, 5.74) is 0. The van der Waals surface area contributed by atoms with E-state index in [2.05, 4.69) is 0 Å². The summed E-state index contributed by atoms with van der Waals surface area (Å²) in [6.07, 6.45) is 2.68. The van der Waals surface area contributed by atoms with E-state index < -0.39 is 0 Å². The van der Waals surface area contributed by atoms with Crippen molar-refractivity contribution in [2.75, 3.05) is 13.1 Å². The molecule has 0 aliphatic carbocycles. The number of carbonyl (C=O) groups is 2. The third-order valence-electron chi connectivity index (χ3n) is 2.51. The van der Waals surface area contributed by atoms with Crippen LogP contribution < -0.4 is 0 Å². The average Bonchev–Trinajstić information content (AvgIpc) is 2.08. The van der Waals surface area contributed by atoms with Gasteiger partial charge in [0.15, 0.2) is 0 Å². The van der Waals surface area contributed by atoms with Gasteiger partial charge in [-0.2, -0.15) is 0 Å². The zero-order chi connectivity index (χ0) is 9.84. The van der Waals surface area contributed by atoms with Gasteiger partial charge in [0, 0.05) is 13.1 Å². The molecule has 1 heterocycles. The van der Waals surface area contributed by atoms with Crippen LogP contribution in [-0.2, 0) is 9.59 Å². The third-order valence-corrected chi connectivity index (χ3v) is 2.51. The molecule has 1 rings (SSSR count). The second kappa shape index (κ2) is 4.40. The van der Waals surface area contributed by atoms with Crippen molar-refractivity contribution in [2.24, 2.45) is 5.92 Å². The molecule has 1 aliphatic rings. The fourth-order valence-corrected chi connectivity index (χ4v) is 1.81. The van der Waals surface area contributed by atoms with Crippen molar-refractivity contribution in [3.63, 3.8) is 0 Å². The van der Waals surface area contributed by atoms with E-state index in [-0.39, 0.29) is 17.6 Å². The van der Waals surface area contributed by atoms with E-state index in [1.807, 2.05) is 11.8 Å². The Hall–Kier alpha value is -0.860. The Bertz CT molecular complexity index is 211. The normalized spacial score (nSPS) is 23.4. The minimum atomic E-state index is -0.347. The van der Waals surface area contributed by atoms with Crippen LogP contribution in [0.4, 0.5) is 0 Å². The molecule has 1 aliphatic heterocycles. The van der Waals surface area contributed by atoms with Gasteiger partial charge in [0.05, 0.1) is 5.92 Å². The maximum absolute atomic E-state index is 11.7. The van der Waals surface area contributed by atoms with Gasteiger partial charge in [-0.15, -0.1) is 0 Å². The minimum Gasteiger partial charge on any atom is -0.342 e. The molecule has 0 aromatic carbocycles. The molecule has 1 saturated heterocycles. The van der Waals surface area contributed by atoms with Crippen LogP contribution in [0.5, 0.6) is 0 Å². The van der Waals surface area contributed by atoms with Crippen LogP contribution in [0, 0.1) is 5.92 Å². The number of Topliss-reactive ketones (excluding diaryl/α,β-unsaturated/α-hetero) is 1. The number of rotatable bonds is 3. The highest BCUT2D eigenvalue weighted by atomic mass is 16.2. The number of hydrogen-bond donors (Lipinski definition) is 0. The monoisotopic (exact) mass is 183 g/mol. The molecule has 0 saturated carbocycles. The van der Waals surface area contributed by atoms with Crippen LogP contribution in [0.3, 0.4) is 0 Å². The Morgan fingerprint density at radius 3 is 2.85 bits per heavy atom. The Kier molecular flexibility index (Phi) is 3.46. The number of carbonyl (C=O) groups excluding carboxylic acids is 2. The maximum Gasteiger partial charge on any atom is 0.233 e. The molecule has 1 fully saturated rings. The van der Waals surface area contributed by atoms with Crippen LogP contribution in [-0.4, -0.2) is 29.7 Å². The smallest absolute Gasteiger partial charge is 0.233 e. The number of hydrogen-bond acceptors (Lipinski definition) is 2. The second-order valence-electron chi connectivity index (χ2n) is 3.63. The highest BCUT2D eigenvalue weighted by Gasteiger charge is 2.30. The van der Waals surface area contributed by atoms with Crippen molar-refractivity contribution in [1.82, 2.24) is 4.90 Å². The largest absolute Gasteiger partial charge is 0.342 e.